The van der Waals surface area contributed by atoms with Crippen LogP contribution in [0.5, 0.6) is 0 Å². The first-order valence-corrected chi connectivity index (χ1v) is 36.3. The third-order valence-electron chi connectivity index (χ3n) is 14.6. The maximum Gasteiger partial charge on any atom is 0.472 e. The molecule has 0 aromatic carbocycles. The number of phosphoric acid groups is 2. The lowest BCUT2D eigenvalue weighted by Crippen LogP contribution is -2.30. The van der Waals surface area contributed by atoms with Crippen LogP contribution in [-0.2, 0) is 65.4 Å². The number of aliphatic hydroxyl groups excluding tert-OH is 1. The molecule has 3 N–H and O–H groups in total. The molecule has 0 rings (SSSR count). The lowest BCUT2D eigenvalue weighted by molar-refractivity contribution is -0.161. The molecular formula is C63H122O17P2. The highest BCUT2D eigenvalue weighted by Gasteiger charge is 2.30. The summed E-state index contributed by atoms with van der Waals surface area (Å²) in [5, 5.41) is 10.5. The highest BCUT2D eigenvalue weighted by atomic mass is 31.2. The van der Waals surface area contributed by atoms with Crippen molar-refractivity contribution in [3.8, 4) is 0 Å². The number of carbonyl (C=O) groups excluding carboxylic acids is 4. The van der Waals surface area contributed by atoms with Gasteiger partial charge in [0.05, 0.1) is 26.4 Å². The molecule has 2 unspecified atom stereocenters. The first kappa shape index (κ1) is 80.1. The van der Waals surface area contributed by atoms with Gasteiger partial charge in [0.15, 0.2) is 12.2 Å². The Bertz CT molecular complexity index is 1590. The minimum Gasteiger partial charge on any atom is -0.462 e. The summed E-state index contributed by atoms with van der Waals surface area (Å²) in [6.45, 7) is 4.81. The Morgan fingerprint density at radius 3 is 0.720 bits per heavy atom. The van der Waals surface area contributed by atoms with E-state index in [0.717, 1.165) is 96.3 Å². The normalized spacial score (nSPS) is 14.2. The van der Waals surface area contributed by atoms with Crippen molar-refractivity contribution >= 4 is 39.5 Å². The molecule has 19 heteroatoms. The number of hydrogen-bond donors (Lipinski definition) is 3. The molecule has 17 nitrogen and oxygen atoms in total. The van der Waals surface area contributed by atoms with E-state index >= 15 is 0 Å². The van der Waals surface area contributed by atoms with Crippen molar-refractivity contribution in [2.75, 3.05) is 39.6 Å². The van der Waals surface area contributed by atoms with Gasteiger partial charge >= 0.3 is 39.5 Å². The molecular weight excluding hydrogens is 1090 g/mol. The summed E-state index contributed by atoms with van der Waals surface area (Å²) in [6.07, 6.45) is 43.2. The summed E-state index contributed by atoms with van der Waals surface area (Å²) < 4.78 is 67.8. The van der Waals surface area contributed by atoms with Crippen LogP contribution in [0.25, 0.3) is 0 Å². The topological polar surface area (TPSA) is 237 Å². The van der Waals surface area contributed by atoms with Crippen molar-refractivity contribution in [1.29, 1.82) is 0 Å². The average Bonchev–Trinajstić information content (AvgIpc) is 3.48. The quantitative estimate of drug-likeness (QED) is 0.0222. The van der Waals surface area contributed by atoms with Gasteiger partial charge in [-0.2, -0.15) is 0 Å². The third kappa shape index (κ3) is 57.2. The SMILES string of the molecule is CCCCCCCCCCCCCCCC(=O)OC[C@H](COP(=O)(O)OC[C@@H](O)COP(=O)(O)OC[C@@H](COC(=O)CCCCCCC)OC(=O)CCCCCCCCCCCCC)OC(=O)CCCCCCCCCCCCCCC. The van der Waals surface area contributed by atoms with Crippen molar-refractivity contribution < 1.29 is 80.2 Å². The molecule has 0 radical (unpaired) electrons. The number of phosphoric ester groups is 2. The Hall–Kier alpha value is -1.94. The van der Waals surface area contributed by atoms with Crippen molar-refractivity contribution in [3.05, 3.63) is 0 Å². The summed E-state index contributed by atoms with van der Waals surface area (Å²) in [5.41, 5.74) is 0. The van der Waals surface area contributed by atoms with E-state index in [2.05, 4.69) is 27.7 Å². The second-order valence-electron chi connectivity index (χ2n) is 22.8. The zero-order valence-electron chi connectivity index (χ0n) is 52.5. The Morgan fingerprint density at radius 1 is 0.293 bits per heavy atom. The van der Waals surface area contributed by atoms with E-state index in [9.17, 15) is 43.2 Å². The molecule has 0 aliphatic heterocycles. The van der Waals surface area contributed by atoms with Crippen molar-refractivity contribution in [2.24, 2.45) is 0 Å². The second-order valence-corrected chi connectivity index (χ2v) is 25.7. The van der Waals surface area contributed by atoms with Crippen LogP contribution >= 0.6 is 15.6 Å². The van der Waals surface area contributed by atoms with Crippen LogP contribution in [0.4, 0.5) is 0 Å². The van der Waals surface area contributed by atoms with Crippen LogP contribution in [0.1, 0.15) is 323 Å². The monoisotopic (exact) mass is 1210 g/mol. The summed E-state index contributed by atoms with van der Waals surface area (Å²) in [7, 11) is -9.87. The number of aliphatic hydroxyl groups is 1. The molecule has 0 saturated carbocycles. The van der Waals surface area contributed by atoms with Gasteiger partial charge in [0, 0.05) is 25.7 Å². The minimum absolute atomic E-state index is 0.106. The maximum atomic E-state index is 13.0. The Balaban J connectivity index is 5.17. The molecule has 0 aliphatic rings. The van der Waals surface area contributed by atoms with E-state index in [1.54, 1.807) is 0 Å². The first-order valence-electron chi connectivity index (χ1n) is 33.3. The second kappa shape index (κ2) is 58.1. The highest BCUT2D eigenvalue weighted by molar-refractivity contribution is 7.47. The third-order valence-corrected chi connectivity index (χ3v) is 16.5. The molecule has 0 aliphatic carbocycles. The highest BCUT2D eigenvalue weighted by Crippen LogP contribution is 2.45. The molecule has 0 heterocycles. The van der Waals surface area contributed by atoms with E-state index in [-0.39, 0.29) is 25.7 Å². The lowest BCUT2D eigenvalue weighted by atomic mass is 10.0. The van der Waals surface area contributed by atoms with Crippen LogP contribution in [0.15, 0.2) is 0 Å². The van der Waals surface area contributed by atoms with Gasteiger partial charge in [0.2, 0.25) is 0 Å². The van der Waals surface area contributed by atoms with Crippen LogP contribution in [0.2, 0.25) is 0 Å². The van der Waals surface area contributed by atoms with Crippen LogP contribution in [0.3, 0.4) is 0 Å². The number of esters is 4. The molecule has 0 aromatic rings. The standard InChI is InChI=1S/C63H122O17P2/c1-5-9-13-17-20-23-26-28-31-33-36-40-44-48-61(66)74-54-59(80-63(68)50-46-42-38-35-32-29-27-24-21-18-14-10-6-2)56-78-82(71,72)76-52-57(64)51-75-81(69,70)77-55-58(53-73-60(65)47-43-39-16-12-8-4)79-62(67)49-45-41-37-34-30-25-22-19-15-11-7-3/h57-59,64H,5-56H2,1-4H3,(H,69,70)(H,71,72)/t57-,58+,59+/m0/s1. The number of rotatable bonds is 64. The van der Waals surface area contributed by atoms with E-state index < -0.39 is 97.5 Å². The zero-order valence-corrected chi connectivity index (χ0v) is 54.2. The number of carbonyl (C=O) groups is 4. The Morgan fingerprint density at radius 2 is 0.488 bits per heavy atom. The molecule has 0 saturated heterocycles. The van der Waals surface area contributed by atoms with Crippen molar-refractivity contribution in [2.45, 2.75) is 341 Å². The number of ether oxygens (including phenoxy) is 4. The van der Waals surface area contributed by atoms with Gasteiger partial charge in [-0.05, 0) is 25.7 Å². The molecule has 5 atom stereocenters. The molecule has 486 valence electrons. The first-order chi connectivity index (χ1) is 39.7. The van der Waals surface area contributed by atoms with Gasteiger partial charge in [-0.1, -0.05) is 272 Å². The van der Waals surface area contributed by atoms with E-state index in [0.29, 0.717) is 25.7 Å². The molecule has 0 aromatic heterocycles. The molecule has 0 spiro atoms. The smallest absolute Gasteiger partial charge is 0.462 e. The number of hydrogen-bond acceptors (Lipinski definition) is 15. The summed E-state index contributed by atoms with van der Waals surface area (Å²) in [5.74, 6) is -2.14. The van der Waals surface area contributed by atoms with E-state index in [1.807, 2.05) is 0 Å². The Kier molecular flexibility index (Phi) is 56.7. The van der Waals surface area contributed by atoms with Crippen LogP contribution < -0.4 is 0 Å². The maximum absolute atomic E-state index is 13.0. The van der Waals surface area contributed by atoms with Crippen LogP contribution in [-0.4, -0.2) is 96.7 Å². The number of unbranched alkanes of at least 4 members (excludes halogenated alkanes) is 38. The lowest BCUT2D eigenvalue weighted by Gasteiger charge is -2.21. The largest absolute Gasteiger partial charge is 0.472 e. The fourth-order valence-corrected chi connectivity index (χ4v) is 11.0. The summed E-state index contributed by atoms with van der Waals surface area (Å²) in [6, 6.07) is 0. The van der Waals surface area contributed by atoms with Gasteiger partial charge in [-0.25, -0.2) is 9.13 Å². The zero-order chi connectivity index (χ0) is 60.5. The van der Waals surface area contributed by atoms with Gasteiger partial charge in [-0.3, -0.25) is 37.3 Å². The fraction of sp³-hybridized carbons (Fsp3) is 0.937. The predicted molar refractivity (Wildman–Crippen MR) is 326 cm³/mol. The molecule has 82 heavy (non-hydrogen) atoms. The van der Waals surface area contributed by atoms with Gasteiger partial charge < -0.3 is 33.8 Å². The molecule has 0 amide bonds. The van der Waals surface area contributed by atoms with E-state index in [4.69, 9.17) is 37.0 Å². The minimum atomic E-state index is -4.94. The predicted octanol–water partition coefficient (Wildman–Crippen LogP) is 17.5. The van der Waals surface area contributed by atoms with Gasteiger partial charge in [0.25, 0.3) is 0 Å². The van der Waals surface area contributed by atoms with Crippen molar-refractivity contribution in [1.82, 2.24) is 0 Å². The average molecular weight is 1210 g/mol. The summed E-state index contributed by atoms with van der Waals surface area (Å²) in [4.78, 5) is 71.9. The van der Waals surface area contributed by atoms with Crippen LogP contribution in [0, 0.1) is 0 Å². The van der Waals surface area contributed by atoms with E-state index in [1.165, 1.54) is 148 Å². The van der Waals surface area contributed by atoms with Crippen molar-refractivity contribution in [3.63, 3.8) is 0 Å². The molecule has 0 bridgehead atoms. The fourth-order valence-electron chi connectivity index (χ4n) is 9.46. The van der Waals surface area contributed by atoms with Gasteiger partial charge in [-0.15, -0.1) is 0 Å². The van der Waals surface area contributed by atoms with Gasteiger partial charge in [0.1, 0.15) is 19.3 Å². The Labute approximate surface area is 498 Å². The summed E-state index contributed by atoms with van der Waals surface area (Å²) >= 11 is 0. The molecule has 0 fully saturated rings.